The number of halogens is 1. The third kappa shape index (κ3) is 3.64. The Morgan fingerprint density at radius 2 is 1.94 bits per heavy atom. The number of benzene rings is 1. The van der Waals surface area contributed by atoms with Gasteiger partial charge in [-0.15, -0.1) is 0 Å². The third-order valence-electron chi connectivity index (χ3n) is 2.95. The van der Waals surface area contributed by atoms with E-state index < -0.39 is 0 Å². The van der Waals surface area contributed by atoms with Crippen LogP contribution >= 0.6 is 0 Å². The summed E-state index contributed by atoms with van der Waals surface area (Å²) in [5.41, 5.74) is 0.486. The maximum atomic E-state index is 12.8. The summed E-state index contributed by atoms with van der Waals surface area (Å²) in [6.45, 7) is 4.13. The predicted octanol–water partition coefficient (Wildman–Crippen LogP) is 2.49. The number of Topliss-reactive ketones (excluding diaryl/α,β-unsaturated/α-hetero) is 1. The molecule has 0 saturated carbocycles. The van der Waals surface area contributed by atoms with E-state index in [2.05, 4.69) is 6.07 Å². The molecule has 2 atom stereocenters. The Kier molecular flexibility index (Phi) is 4.99. The van der Waals surface area contributed by atoms with Crippen LogP contribution in [0.2, 0.25) is 0 Å². The normalized spacial score (nSPS) is 14.0. The molecule has 0 aromatic heterocycles. The molecule has 0 aliphatic rings. The van der Waals surface area contributed by atoms with Gasteiger partial charge >= 0.3 is 0 Å². The van der Waals surface area contributed by atoms with Crippen LogP contribution in [0.1, 0.15) is 24.2 Å². The molecule has 96 valence electrons. The van der Waals surface area contributed by atoms with Gasteiger partial charge in [0.05, 0.1) is 18.0 Å². The van der Waals surface area contributed by atoms with Gasteiger partial charge in [-0.05, 0) is 45.2 Å². The average Bonchev–Trinajstić information content (AvgIpc) is 2.37. The van der Waals surface area contributed by atoms with Crippen LogP contribution in [0.5, 0.6) is 0 Å². The number of likely N-dealkylation sites (N-methyl/N-ethyl adjacent to an activating group) is 1. The van der Waals surface area contributed by atoms with Crippen molar-refractivity contribution in [3.05, 3.63) is 35.6 Å². The van der Waals surface area contributed by atoms with Crippen molar-refractivity contribution in [2.45, 2.75) is 19.9 Å². The van der Waals surface area contributed by atoms with Gasteiger partial charge in [0, 0.05) is 12.1 Å². The second-order valence-electron chi connectivity index (χ2n) is 4.52. The Morgan fingerprint density at radius 1 is 1.39 bits per heavy atom. The third-order valence-corrected chi connectivity index (χ3v) is 2.95. The lowest BCUT2D eigenvalue weighted by Gasteiger charge is -2.24. The van der Waals surface area contributed by atoms with Crippen LogP contribution in [0.25, 0.3) is 0 Å². The molecule has 0 N–H and O–H groups in total. The van der Waals surface area contributed by atoms with Gasteiger partial charge in [-0.1, -0.05) is 0 Å². The first-order valence-electron chi connectivity index (χ1n) is 5.85. The van der Waals surface area contributed by atoms with Crippen molar-refractivity contribution in [2.75, 3.05) is 13.6 Å². The first-order chi connectivity index (χ1) is 8.45. The first kappa shape index (κ1) is 14.3. The van der Waals surface area contributed by atoms with Crippen LogP contribution in [-0.2, 0) is 0 Å². The number of rotatable bonds is 5. The number of nitrogens with zero attached hydrogens (tertiary/aromatic N) is 2. The average molecular weight is 248 g/mol. The fourth-order valence-corrected chi connectivity index (χ4v) is 1.69. The molecule has 1 rings (SSSR count). The van der Waals surface area contributed by atoms with Gasteiger partial charge in [-0.3, -0.25) is 9.69 Å². The molecule has 0 radical (unpaired) electrons. The van der Waals surface area contributed by atoms with Crippen molar-refractivity contribution in [2.24, 2.45) is 5.92 Å². The summed E-state index contributed by atoms with van der Waals surface area (Å²) in [5, 5.41) is 8.75. The number of carbonyl (C=O) groups is 1. The number of ketones is 1. The van der Waals surface area contributed by atoms with Crippen LogP contribution in [0.3, 0.4) is 0 Å². The largest absolute Gasteiger partial charge is 0.295 e. The van der Waals surface area contributed by atoms with E-state index in [0.29, 0.717) is 12.1 Å². The van der Waals surface area contributed by atoms with Crippen LogP contribution in [0.4, 0.5) is 4.39 Å². The molecule has 0 fully saturated rings. The Labute approximate surface area is 107 Å². The second-order valence-corrected chi connectivity index (χ2v) is 4.52. The number of hydrogen-bond donors (Lipinski definition) is 0. The van der Waals surface area contributed by atoms with E-state index in [9.17, 15) is 9.18 Å². The summed E-state index contributed by atoms with van der Waals surface area (Å²) < 4.78 is 12.8. The zero-order valence-corrected chi connectivity index (χ0v) is 10.9. The molecule has 1 aromatic rings. The maximum absolute atomic E-state index is 12.8. The minimum Gasteiger partial charge on any atom is -0.295 e. The molecule has 0 amide bonds. The Bertz CT molecular complexity index is 450. The van der Waals surface area contributed by atoms with E-state index in [0.717, 1.165) is 0 Å². The summed E-state index contributed by atoms with van der Waals surface area (Å²) in [6, 6.07) is 7.32. The fourth-order valence-electron chi connectivity index (χ4n) is 1.69. The summed E-state index contributed by atoms with van der Waals surface area (Å²) in [7, 11) is 1.81. The molecule has 0 heterocycles. The molecule has 0 aliphatic carbocycles. The predicted molar refractivity (Wildman–Crippen MR) is 67.6 cm³/mol. The molecule has 0 aliphatic heterocycles. The van der Waals surface area contributed by atoms with E-state index in [-0.39, 0.29) is 23.6 Å². The van der Waals surface area contributed by atoms with Gasteiger partial charge < -0.3 is 0 Å². The highest BCUT2D eigenvalue weighted by Gasteiger charge is 2.20. The van der Waals surface area contributed by atoms with Crippen molar-refractivity contribution in [1.29, 1.82) is 5.26 Å². The molecule has 18 heavy (non-hydrogen) atoms. The number of nitriles is 1. The zero-order valence-electron chi connectivity index (χ0n) is 10.9. The highest BCUT2D eigenvalue weighted by Crippen LogP contribution is 2.10. The molecule has 0 saturated heterocycles. The SMILES string of the molecule is CC(C#N)CN(C)C(C)C(=O)c1ccc(F)cc1. The van der Waals surface area contributed by atoms with Crippen molar-refractivity contribution < 1.29 is 9.18 Å². The fraction of sp³-hybridized carbons (Fsp3) is 0.429. The van der Waals surface area contributed by atoms with Gasteiger partial charge in [-0.2, -0.15) is 5.26 Å². The number of hydrogen-bond acceptors (Lipinski definition) is 3. The van der Waals surface area contributed by atoms with E-state index in [1.807, 2.05) is 11.8 Å². The first-order valence-corrected chi connectivity index (χ1v) is 5.85. The summed E-state index contributed by atoms with van der Waals surface area (Å²) >= 11 is 0. The minimum atomic E-state index is -0.356. The van der Waals surface area contributed by atoms with Crippen molar-refractivity contribution in [1.82, 2.24) is 4.90 Å². The van der Waals surface area contributed by atoms with Gasteiger partial charge in [0.15, 0.2) is 5.78 Å². The van der Waals surface area contributed by atoms with Gasteiger partial charge in [0.2, 0.25) is 0 Å². The van der Waals surface area contributed by atoms with Crippen molar-refractivity contribution >= 4 is 5.78 Å². The molecule has 3 nitrogen and oxygen atoms in total. The van der Waals surface area contributed by atoms with E-state index in [1.54, 1.807) is 14.0 Å². The van der Waals surface area contributed by atoms with Crippen LogP contribution < -0.4 is 0 Å². The standard InChI is InChI=1S/C14H17FN2O/c1-10(8-16)9-17(3)11(2)14(18)12-4-6-13(15)7-5-12/h4-7,10-11H,9H2,1-3H3. The van der Waals surface area contributed by atoms with E-state index in [1.165, 1.54) is 24.3 Å². The number of carbonyl (C=O) groups excluding carboxylic acids is 1. The smallest absolute Gasteiger partial charge is 0.179 e. The lowest BCUT2D eigenvalue weighted by molar-refractivity contribution is 0.0862. The van der Waals surface area contributed by atoms with Crippen molar-refractivity contribution in [3.63, 3.8) is 0 Å². The molecular weight excluding hydrogens is 231 g/mol. The van der Waals surface area contributed by atoms with Gasteiger partial charge in [-0.25, -0.2) is 4.39 Å². The van der Waals surface area contributed by atoms with E-state index in [4.69, 9.17) is 5.26 Å². The van der Waals surface area contributed by atoms with E-state index >= 15 is 0 Å². The Hall–Kier alpha value is -1.73. The molecule has 1 aromatic carbocycles. The lowest BCUT2D eigenvalue weighted by Crippen LogP contribution is -2.38. The summed E-state index contributed by atoms with van der Waals surface area (Å²) in [6.07, 6.45) is 0. The second kappa shape index (κ2) is 6.27. The summed E-state index contributed by atoms with van der Waals surface area (Å²) in [5.74, 6) is -0.549. The Morgan fingerprint density at radius 3 is 2.44 bits per heavy atom. The zero-order chi connectivity index (χ0) is 13.7. The summed E-state index contributed by atoms with van der Waals surface area (Å²) in [4.78, 5) is 14.0. The quantitative estimate of drug-likeness (QED) is 0.752. The topological polar surface area (TPSA) is 44.1 Å². The molecular formula is C14H17FN2O. The lowest BCUT2D eigenvalue weighted by atomic mass is 10.0. The molecule has 0 spiro atoms. The molecule has 2 unspecified atom stereocenters. The van der Waals surface area contributed by atoms with Gasteiger partial charge in [0.1, 0.15) is 5.82 Å². The maximum Gasteiger partial charge on any atom is 0.179 e. The van der Waals surface area contributed by atoms with Crippen LogP contribution in [-0.4, -0.2) is 30.3 Å². The van der Waals surface area contributed by atoms with Crippen LogP contribution in [0, 0.1) is 23.1 Å². The molecule has 4 heteroatoms. The highest BCUT2D eigenvalue weighted by molar-refractivity contribution is 5.99. The molecule has 0 bridgehead atoms. The van der Waals surface area contributed by atoms with Crippen LogP contribution in [0.15, 0.2) is 24.3 Å². The minimum absolute atomic E-state index is 0.0670. The monoisotopic (exact) mass is 248 g/mol. The highest BCUT2D eigenvalue weighted by atomic mass is 19.1. The van der Waals surface area contributed by atoms with Crippen molar-refractivity contribution in [3.8, 4) is 6.07 Å². The van der Waals surface area contributed by atoms with Gasteiger partial charge in [0.25, 0.3) is 0 Å². The Balaban J connectivity index is 2.72.